The van der Waals surface area contributed by atoms with Crippen molar-refractivity contribution in [2.75, 3.05) is 12.4 Å². The fourth-order valence-corrected chi connectivity index (χ4v) is 2.99. The number of carbonyl (C=O) groups is 2. The van der Waals surface area contributed by atoms with Crippen LogP contribution < -0.4 is 15.5 Å². The van der Waals surface area contributed by atoms with E-state index in [1.54, 1.807) is 36.5 Å². The molecule has 1 heterocycles. The van der Waals surface area contributed by atoms with Gasteiger partial charge >= 0.3 is 0 Å². The topological polar surface area (TPSA) is 79.8 Å². The van der Waals surface area contributed by atoms with Crippen molar-refractivity contribution >= 4 is 35.1 Å². The van der Waals surface area contributed by atoms with Gasteiger partial charge in [0.1, 0.15) is 5.75 Å². The highest BCUT2D eigenvalue weighted by molar-refractivity contribution is 7.12. The van der Waals surface area contributed by atoms with Gasteiger partial charge in [-0.05, 0) is 29.1 Å². The SMILES string of the molecule is COc1cccc(C(=O)N/N=C/c2ccccc2)c1NC(=O)c1cccs1. The number of carbonyl (C=O) groups excluding carboxylic acids is 2. The van der Waals surface area contributed by atoms with Crippen LogP contribution in [-0.4, -0.2) is 25.1 Å². The molecule has 2 amide bonds. The molecule has 136 valence electrons. The van der Waals surface area contributed by atoms with Gasteiger partial charge in [0, 0.05) is 0 Å². The van der Waals surface area contributed by atoms with E-state index in [-0.39, 0.29) is 11.5 Å². The third-order valence-corrected chi connectivity index (χ3v) is 4.52. The number of hydrogen-bond acceptors (Lipinski definition) is 5. The zero-order valence-corrected chi connectivity index (χ0v) is 15.3. The molecule has 0 unspecified atom stereocenters. The third-order valence-electron chi connectivity index (χ3n) is 3.65. The molecule has 7 heteroatoms. The van der Waals surface area contributed by atoms with Gasteiger partial charge in [0.15, 0.2) is 0 Å². The Morgan fingerprint density at radius 2 is 1.81 bits per heavy atom. The number of ether oxygens (including phenoxy) is 1. The van der Waals surface area contributed by atoms with E-state index < -0.39 is 5.91 Å². The molecule has 0 atom stereocenters. The van der Waals surface area contributed by atoms with E-state index in [0.717, 1.165) is 5.56 Å². The van der Waals surface area contributed by atoms with Gasteiger partial charge < -0.3 is 10.1 Å². The van der Waals surface area contributed by atoms with Crippen LogP contribution in [0.2, 0.25) is 0 Å². The molecule has 0 radical (unpaired) electrons. The van der Waals surface area contributed by atoms with Gasteiger partial charge in [0.05, 0.1) is 29.5 Å². The van der Waals surface area contributed by atoms with Gasteiger partial charge in [-0.2, -0.15) is 5.10 Å². The van der Waals surface area contributed by atoms with Crippen molar-refractivity contribution < 1.29 is 14.3 Å². The Kier molecular flexibility index (Phi) is 5.96. The molecule has 0 saturated carbocycles. The molecule has 6 nitrogen and oxygen atoms in total. The molecule has 0 aliphatic carbocycles. The Morgan fingerprint density at radius 3 is 2.52 bits per heavy atom. The maximum Gasteiger partial charge on any atom is 0.273 e. The average molecular weight is 379 g/mol. The number of rotatable bonds is 6. The van der Waals surface area contributed by atoms with E-state index in [1.807, 2.05) is 35.7 Å². The fraction of sp³-hybridized carbons (Fsp3) is 0.0500. The minimum Gasteiger partial charge on any atom is -0.495 e. The van der Waals surface area contributed by atoms with Crippen LogP contribution in [0.5, 0.6) is 5.75 Å². The summed E-state index contributed by atoms with van der Waals surface area (Å²) in [5, 5.41) is 8.53. The van der Waals surface area contributed by atoms with Crippen LogP contribution in [0.15, 0.2) is 71.1 Å². The maximum atomic E-state index is 12.6. The number of nitrogens with zero attached hydrogens (tertiary/aromatic N) is 1. The van der Waals surface area contributed by atoms with Crippen LogP contribution in [0.1, 0.15) is 25.6 Å². The van der Waals surface area contributed by atoms with Gasteiger partial charge in [0.2, 0.25) is 0 Å². The number of anilines is 1. The molecule has 0 aliphatic heterocycles. The lowest BCUT2D eigenvalue weighted by molar-refractivity contribution is 0.0955. The smallest absolute Gasteiger partial charge is 0.273 e. The summed E-state index contributed by atoms with van der Waals surface area (Å²) >= 11 is 1.31. The molecule has 27 heavy (non-hydrogen) atoms. The molecular formula is C20H17N3O3S. The second kappa shape index (κ2) is 8.77. The highest BCUT2D eigenvalue weighted by Crippen LogP contribution is 2.29. The molecule has 0 fully saturated rings. The predicted octanol–water partition coefficient (Wildman–Crippen LogP) is 3.77. The molecular weight excluding hydrogens is 362 g/mol. The first kappa shape index (κ1) is 18.3. The second-order valence-corrected chi connectivity index (χ2v) is 6.37. The number of hydrogen-bond donors (Lipinski definition) is 2. The normalized spacial score (nSPS) is 10.6. The van der Waals surface area contributed by atoms with Crippen LogP contribution in [0.4, 0.5) is 5.69 Å². The third kappa shape index (κ3) is 4.59. The van der Waals surface area contributed by atoms with Crippen LogP contribution in [0.3, 0.4) is 0 Å². The van der Waals surface area contributed by atoms with Crippen molar-refractivity contribution in [3.8, 4) is 5.75 Å². The largest absolute Gasteiger partial charge is 0.495 e. The minimum absolute atomic E-state index is 0.254. The van der Waals surface area contributed by atoms with Gasteiger partial charge in [0.25, 0.3) is 11.8 Å². The van der Waals surface area contributed by atoms with Crippen LogP contribution in [0.25, 0.3) is 0 Å². The lowest BCUT2D eigenvalue weighted by atomic mass is 10.1. The highest BCUT2D eigenvalue weighted by Gasteiger charge is 2.18. The standard InChI is InChI=1S/C20H17N3O3S/c1-26-16-10-5-9-15(18(16)22-20(25)17-11-6-12-27-17)19(24)23-21-13-14-7-3-2-4-8-14/h2-13H,1H3,(H,22,25)(H,23,24)/b21-13+. The van der Waals surface area contributed by atoms with Gasteiger partial charge in [-0.25, -0.2) is 5.43 Å². The zero-order chi connectivity index (χ0) is 19.1. The van der Waals surface area contributed by atoms with E-state index in [1.165, 1.54) is 18.4 Å². The number of thiophene rings is 1. The van der Waals surface area contributed by atoms with E-state index in [2.05, 4.69) is 15.8 Å². The molecule has 3 rings (SSSR count). The first-order valence-electron chi connectivity index (χ1n) is 8.09. The summed E-state index contributed by atoms with van der Waals surface area (Å²) in [6, 6.07) is 17.8. The quantitative estimate of drug-likeness (QED) is 0.505. The lowest BCUT2D eigenvalue weighted by Crippen LogP contribution is -2.21. The van der Waals surface area contributed by atoms with Gasteiger partial charge in [-0.15, -0.1) is 11.3 Å². The van der Waals surface area contributed by atoms with Crippen molar-refractivity contribution in [1.29, 1.82) is 0 Å². The number of benzene rings is 2. The molecule has 2 aromatic carbocycles. The van der Waals surface area contributed by atoms with Crippen molar-refractivity contribution in [2.45, 2.75) is 0 Å². The van der Waals surface area contributed by atoms with Crippen molar-refractivity contribution in [3.63, 3.8) is 0 Å². The number of para-hydroxylation sites is 1. The van der Waals surface area contributed by atoms with Crippen LogP contribution in [0, 0.1) is 0 Å². The Bertz CT molecular complexity index is 954. The summed E-state index contributed by atoms with van der Waals surface area (Å²) < 4.78 is 5.30. The summed E-state index contributed by atoms with van der Waals surface area (Å²) in [6.07, 6.45) is 1.54. The fourth-order valence-electron chi connectivity index (χ4n) is 2.37. The maximum absolute atomic E-state index is 12.6. The summed E-state index contributed by atoms with van der Waals surface area (Å²) in [4.78, 5) is 25.5. The van der Waals surface area contributed by atoms with E-state index in [4.69, 9.17) is 4.74 Å². The summed E-state index contributed by atoms with van der Waals surface area (Å²) in [7, 11) is 1.48. The highest BCUT2D eigenvalue weighted by atomic mass is 32.1. The Labute approximate surface area is 160 Å². The Balaban J connectivity index is 1.80. The number of methoxy groups -OCH3 is 1. The number of amides is 2. The van der Waals surface area contributed by atoms with Gasteiger partial charge in [-0.1, -0.05) is 42.5 Å². The van der Waals surface area contributed by atoms with Crippen LogP contribution >= 0.6 is 11.3 Å². The van der Waals surface area contributed by atoms with Gasteiger partial charge in [-0.3, -0.25) is 9.59 Å². The number of nitrogens with one attached hydrogen (secondary N) is 2. The molecule has 0 bridgehead atoms. The molecule has 1 aromatic heterocycles. The van der Waals surface area contributed by atoms with E-state index in [0.29, 0.717) is 16.3 Å². The lowest BCUT2D eigenvalue weighted by Gasteiger charge is -2.13. The average Bonchev–Trinajstić information content (AvgIpc) is 3.24. The Morgan fingerprint density at radius 1 is 1.00 bits per heavy atom. The number of hydrazone groups is 1. The molecule has 0 saturated heterocycles. The zero-order valence-electron chi connectivity index (χ0n) is 14.5. The first-order chi connectivity index (χ1) is 13.2. The molecule has 2 N–H and O–H groups in total. The first-order valence-corrected chi connectivity index (χ1v) is 8.97. The van der Waals surface area contributed by atoms with Crippen molar-refractivity contribution in [2.24, 2.45) is 5.10 Å². The van der Waals surface area contributed by atoms with E-state index >= 15 is 0 Å². The summed E-state index contributed by atoms with van der Waals surface area (Å²) in [6.45, 7) is 0. The monoisotopic (exact) mass is 379 g/mol. The predicted molar refractivity (Wildman–Crippen MR) is 107 cm³/mol. The van der Waals surface area contributed by atoms with E-state index in [9.17, 15) is 9.59 Å². The molecule has 0 aliphatic rings. The van der Waals surface area contributed by atoms with Crippen molar-refractivity contribution in [1.82, 2.24) is 5.43 Å². The van der Waals surface area contributed by atoms with Crippen LogP contribution in [-0.2, 0) is 0 Å². The summed E-state index contributed by atoms with van der Waals surface area (Å²) in [5.41, 5.74) is 3.88. The van der Waals surface area contributed by atoms with Crippen molar-refractivity contribution in [3.05, 3.63) is 82.0 Å². The summed E-state index contributed by atoms with van der Waals surface area (Å²) in [5.74, 6) is -0.376. The Hall–Kier alpha value is -3.45. The minimum atomic E-state index is -0.456. The molecule has 0 spiro atoms. The second-order valence-electron chi connectivity index (χ2n) is 5.42. The molecule has 3 aromatic rings.